The zero-order valence-electron chi connectivity index (χ0n) is 8.43. The highest BCUT2D eigenvalue weighted by atomic mass is 15.7. The van der Waals surface area contributed by atoms with Crippen LogP contribution in [-0.4, -0.2) is 17.0 Å². The van der Waals surface area contributed by atoms with Gasteiger partial charge in [0.2, 0.25) is 11.3 Å². The molecule has 0 aromatic heterocycles. The predicted octanol–water partition coefficient (Wildman–Crippen LogP) is 2.83. The summed E-state index contributed by atoms with van der Waals surface area (Å²) in [5.41, 5.74) is -1.26. The number of nitrogens with zero attached hydrogens (tertiary/aromatic N) is 6. The van der Waals surface area contributed by atoms with E-state index in [2.05, 4.69) is 30.7 Å². The molecule has 0 amide bonds. The molecule has 0 saturated heterocycles. The average molecular weight is 204 g/mol. The summed E-state index contributed by atoms with van der Waals surface area (Å²) in [5, 5.41) is 25.3. The summed E-state index contributed by atoms with van der Waals surface area (Å²) < 4.78 is 0. The zero-order chi connectivity index (χ0) is 9.99. The van der Waals surface area contributed by atoms with E-state index in [1.807, 2.05) is 0 Å². The molecule has 3 heterocycles. The fourth-order valence-corrected chi connectivity index (χ4v) is 2.74. The second-order valence-electron chi connectivity index (χ2n) is 4.82. The first kappa shape index (κ1) is 8.01. The van der Waals surface area contributed by atoms with Gasteiger partial charge < -0.3 is 0 Å². The summed E-state index contributed by atoms with van der Waals surface area (Å²) in [5.74, 6) is 0. The van der Waals surface area contributed by atoms with E-state index in [1.54, 1.807) is 0 Å². The summed E-state index contributed by atoms with van der Waals surface area (Å²) >= 11 is 0. The Morgan fingerprint density at radius 1 is 0.533 bits per heavy atom. The SMILES string of the molecule is C1CCCC2(N=N2)C2(N=N2)C2(CC1)N=N2. The third kappa shape index (κ3) is 0.815. The number of hydrogen-bond donors (Lipinski definition) is 0. The molecule has 0 bridgehead atoms. The molecule has 1 saturated carbocycles. The van der Waals surface area contributed by atoms with Crippen molar-refractivity contribution in [3.05, 3.63) is 0 Å². The van der Waals surface area contributed by atoms with Crippen LogP contribution in [0.3, 0.4) is 0 Å². The second-order valence-corrected chi connectivity index (χ2v) is 4.82. The van der Waals surface area contributed by atoms with Gasteiger partial charge in [-0.05, 0) is 12.8 Å². The van der Waals surface area contributed by atoms with Gasteiger partial charge in [-0.3, -0.25) is 0 Å². The first-order chi connectivity index (χ1) is 7.33. The van der Waals surface area contributed by atoms with E-state index in [1.165, 1.54) is 12.8 Å². The quantitative estimate of drug-likeness (QED) is 0.582. The van der Waals surface area contributed by atoms with Crippen LogP contribution in [0.2, 0.25) is 0 Å². The van der Waals surface area contributed by atoms with Gasteiger partial charge in [0.1, 0.15) is 0 Å². The standard InChI is InChI=1S/C9H12N6/c1-2-4-6-8(12-13-8)9(14-15-9)7(5-3-1)10-11-7/h1-6H2. The minimum Gasteiger partial charge on any atom is -0.154 e. The van der Waals surface area contributed by atoms with Gasteiger partial charge in [0.25, 0.3) is 5.66 Å². The van der Waals surface area contributed by atoms with Gasteiger partial charge in [-0.2, -0.15) is 20.5 Å². The molecular weight excluding hydrogens is 192 g/mol. The van der Waals surface area contributed by atoms with E-state index in [9.17, 15) is 0 Å². The Kier molecular flexibility index (Phi) is 1.15. The average Bonchev–Trinajstić information content (AvgIpc) is 3.10. The summed E-state index contributed by atoms with van der Waals surface area (Å²) in [6, 6.07) is 0. The number of fused-ring (bicyclic) bond motifs is 2. The first-order valence-corrected chi connectivity index (χ1v) is 5.65. The van der Waals surface area contributed by atoms with E-state index in [0.29, 0.717) is 0 Å². The van der Waals surface area contributed by atoms with Crippen LogP contribution in [0.15, 0.2) is 30.7 Å². The second kappa shape index (κ2) is 2.15. The highest BCUT2D eigenvalue weighted by molar-refractivity contribution is 5.31. The van der Waals surface area contributed by atoms with E-state index in [-0.39, 0.29) is 11.3 Å². The van der Waals surface area contributed by atoms with Gasteiger partial charge in [0.05, 0.1) is 0 Å². The molecule has 6 heteroatoms. The summed E-state index contributed by atoms with van der Waals surface area (Å²) in [6.07, 6.45) is 6.75. The maximum atomic E-state index is 4.22. The number of hydrogen-bond acceptors (Lipinski definition) is 6. The molecule has 0 aromatic rings. The maximum absolute atomic E-state index is 4.22. The Morgan fingerprint density at radius 2 is 1.00 bits per heavy atom. The van der Waals surface area contributed by atoms with Crippen molar-refractivity contribution >= 4 is 0 Å². The molecular formula is C9H12N6. The third-order valence-corrected chi connectivity index (χ3v) is 3.90. The molecule has 1 aliphatic carbocycles. The van der Waals surface area contributed by atoms with Crippen LogP contribution in [0.5, 0.6) is 0 Å². The van der Waals surface area contributed by atoms with Crippen molar-refractivity contribution in [3.63, 3.8) is 0 Å². The molecule has 0 aromatic carbocycles. The Morgan fingerprint density at radius 3 is 1.33 bits per heavy atom. The topological polar surface area (TPSA) is 74.2 Å². The number of rotatable bonds is 0. The highest BCUT2D eigenvalue weighted by Gasteiger charge is 2.80. The third-order valence-electron chi connectivity index (χ3n) is 3.90. The normalized spacial score (nSPS) is 35.2. The summed E-state index contributed by atoms with van der Waals surface area (Å²) in [6.45, 7) is 0. The summed E-state index contributed by atoms with van der Waals surface area (Å²) in [4.78, 5) is 0. The minimum atomic E-state index is -0.510. The van der Waals surface area contributed by atoms with Crippen LogP contribution in [0, 0.1) is 0 Å². The molecule has 0 N–H and O–H groups in total. The molecule has 0 radical (unpaired) electrons. The van der Waals surface area contributed by atoms with Crippen molar-refractivity contribution in [2.24, 2.45) is 30.7 Å². The van der Waals surface area contributed by atoms with Crippen molar-refractivity contribution in [1.29, 1.82) is 0 Å². The Hall–Kier alpha value is -1.20. The smallest absolute Gasteiger partial charge is 0.154 e. The predicted molar refractivity (Wildman–Crippen MR) is 50.5 cm³/mol. The van der Waals surface area contributed by atoms with Crippen LogP contribution < -0.4 is 0 Å². The van der Waals surface area contributed by atoms with Gasteiger partial charge in [-0.15, -0.1) is 10.2 Å². The largest absolute Gasteiger partial charge is 0.286 e. The minimum absolute atomic E-state index is 0.374. The van der Waals surface area contributed by atoms with Crippen molar-refractivity contribution in [1.82, 2.24) is 0 Å². The molecule has 78 valence electrons. The molecule has 3 spiro atoms. The van der Waals surface area contributed by atoms with Crippen molar-refractivity contribution < 1.29 is 0 Å². The monoisotopic (exact) mass is 204 g/mol. The molecule has 1 fully saturated rings. The molecule has 0 unspecified atom stereocenters. The lowest BCUT2D eigenvalue weighted by atomic mass is 9.85. The molecule has 3 aliphatic heterocycles. The molecule has 4 rings (SSSR count). The van der Waals surface area contributed by atoms with E-state index < -0.39 is 5.66 Å². The van der Waals surface area contributed by atoms with E-state index >= 15 is 0 Å². The van der Waals surface area contributed by atoms with Gasteiger partial charge in [0.15, 0.2) is 0 Å². The van der Waals surface area contributed by atoms with Gasteiger partial charge in [-0.25, -0.2) is 0 Å². The lowest BCUT2D eigenvalue weighted by molar-refractivity contribution is 0.289. The fraction of sp³-hybridized carbons (Fsp3) is 1.00. The van der Waals surface area contributed by atoms with E-state index in [0.717, 1.165) is 25.7 Å². The Bertz CT molecular complexity index is 359. The van der Waals surface area contributed by atoms with Gasteiger partial charge >= 0.3 is 0 Å². The molecule has 6 nitrogen and oxygen atoms in total. The van der Waals surface area contributed by atoms with Crippen LogP contribution >= 0.6 is 0 Å². The van der Waals surface area contributed by atoms with Gasteiger partial charge in [-0.1, -0.05) is 12.8 Å². The van der Waals surface area contributed by atoms with Crippen LogP contribution in [-0.2, 0) is 0 Å². The van der Waals surface area contributed by atoms with Crippen molar-refractivity contribution in [2.45, 2.75) is 55.5 Å². The van der Waals surface area contributed by atoms with E-state index in [4.69, 9.17) is 0 Å². The molecule has 0 atom stereocenters. The summed E-state index contributed by atoms with van der Waals surface area (Å²) in [7, 11) is 0. The van der Waals surface area contributed by atoms with Crippen LogP contribution in [0.1, 0.15) is 38.5 Å². The van der Waals surface area contributed by atoms with Crippen LogP contribution in [0.4, 0.5) is 0 Å². The Balaban J connectivity index is 1.69. The molecule has 15 heavy (non-hydrogen) atoms. The lowest BCUT2D eigenvalue weighted by Crippen LogP contribution is -2.46. The lowest BCUT2D eigenvalue weighted by Gasteiger charge is -2.21. The zero-order valence-corrected chi connectivity index (χ0v) is 8.43. The van der Waals surface area contributed by atoms with Crippen molar-refractivity contribution in [2.75, 3.05) is 0 Å². The fourth-order valence-electron chi connectivity index (χ4n) is 2.74. The maximum Gasteiger partial charge on any atom is 0.286 e. The van der Waals surface area contributed by atoms with Gasteiger partial charge in [0, 0.05) is 12.8 Å². The van der Waals surface area contributed by atoms with Crippen LogP contribution in [0.25, 0.3) is 0 Å². The Labute approximate surface area is 87.0 Å². The van der Waals surface area contributed by atoms with Crippen molar-refractivity contribution in [3.8, 4) is 0 Å². The first-order valence-electron chi connectivity index (χ1n) is 5.65. The highest BCUT2D eigenvalue weighted by Crippen LogP contribution is 2.64. The molecule has 4 aliphatic rings.